The van der Waals surface area contributed by atoms with Crippen molar-refractivity contribution in [1.82, 2.24) is 10.3 Å². The van der Waals surface area contributed by atoms with Crippen molar-refractivity contribution in [3.63, 3.8) is 0 Å². The van der Waals surface area contributed by atoms with Crippen LogP contribution in [0.15, 0.2) is 47.1 Å². The Hall–Kier alpha value is -2.89. The molecular formula is C33H43N3O3. The summed E-state index contributed by atoms with van der Waals surface area (Å²) in [5, 5.41) is 8.50. The van der Waals surface area contributed by atoms with Gasteiger partial charge in [-0.15, -0.1) is 0 Å². The Kier molecular flexibility index (Phi) is 6.93. The van der Waals surface area contributed by atoms with Crippen molar-refractivity contribution in [3.05, 3.63) is 47.7 Å². The minimum absolute atomic E-state index is 0.0566. The largest absolute Gasteiger partial charge is 0.385 e. The SMILES string of the molecule is CC(=O)C1CCC2C3CCC4=CC(=NOCC(=O)NCCc5cc6ccccc6[nH]5)CC[C@]4(C)C3CC[C@]12C. The number of aromatic nitrogens is 1. The summed E-state index contributed by atoms with van der Waals surface area (Å²) in [6.45, 7) is 7.21. The molecule has 6 heteroatoms. The molecule has 2 aromatic rings. The maximum Gasteiger partial charge on any atom is 0.260 e. The number of carbonyl (C=O) groups is 2. The lowest BCUT2D eigenvalue weighted by molar-refractivity contribution is -0.128. The van der Waals surface area contributed by atoms with Crippen LogP contribution in [0.25, 0.3) is 10.9 Å². The molecule has 208 valence electrons. The van der Waals surface area contributed by atoms with Gasteiger partial charge in [0.15, 0.2) is 6.61 Å². The van der Waals surface area contributed by atoms with Gasteiger partial charge in [-0.2, -0.15) is 0 Å². The van der Waals surface area contributed by atoms with E-state index >= 15 is 0 Å². The summed E-state index contributed by atoms with van der Waals surface area (Å²) in [5.41, 5.74) is 5.13. The molecule has 0 bridgehead atoms. The monoisotopic (exact) mass is 529 g/mol. The van der Waals surface area contributed by atoms with Crippen molar-refractivity contribution < 1.29 is 14.4 Å². The second-order valence-electron chi connectivity index (χ2n) is 13.1. The first-order chi connectivity index (χ1) is 18.8. The fraction of sp³-hybridized carbons (Fsp3) is 0.606. The lowest BCUT2D eigenvalue weighted by Crippen LogP contribution is -2.51. The van der Waals surface area contributed by atoms with Crippen molar-refractivity contribution in [3.8, 4) is 0 Å². The number of benzene rings is 1. The molecule has 1 aromatic heterocycles. The Morgan fingerprint density at radius 3 is 2.74 bits per heavy atom. The minimum atomic E-state index is -0.144. The number of H-pyrrole nitrogens is 1. The van der Waals surface area contributed by atoms with Crippen molar-refractivity contribution in [1.29, 1.82) is 0 Å². The van der Waals surface area contributed by atoms with E-state index in [-0.39, 0.29) is 29.3 Å². The summed E-state index contributed by atoms with van der Waals surface area (Å²) in [4.78, 5) is 33.6. The number of oxime groups is 1. The molecule has 6 rings (SSSR count). The van der Waals surface area contributed by atoms with Crippen molar-refractivity contribution >= 4 is 28.3 Å². The minimum Gasteiger partial charge on any atom is -0.385 e. The molecular weight excluding hydrogens is 486 g/mol. The lowest BCUT2D eigenvalue weighted by atomic mass is 9.46. The summed E-state index contributed by atoms with van der Waals surface area (Å²) in [6, 6.07) is 10.3. The Morgan fingerprint density at radius 2 is 1.92 bits per heavy atom. The van der Waals surface area contributed by atoms with E-state index in [1.54, 1.807) is 0 Å². The van der Waals surface area contributed by atoms with E-state index < -0.39 is 0 Å². The van der Waals surface area contributed by atoms with E-state index in [0.717, 1.165) is 54.9 Å². The Bertz CT molecular complexity index is 1290. The molecule has 0 aliphatic heterocycles. The Balaban J connectivity index is 1.02. The summed E-state index contributed by atoms with van der Waals surface area (Å²) < 4.78 is 0. The molecule has 6 atom stereocenters. The molecule has 0 saturated heterocycles. The van der Waals surface area contributed by atoms with Gasteiger partial charge in [0.2, 0.25) is 0 Å². The Morgan fingerprint density at radius 1 is 1.08 bits per heavy atom. The third-order valence-corrected chi connectivity index (χ3v) is 11.1. The third kappa shape index (κ3) is 4.74. The highest BCUT2D eigenvalue weighted by Gasteiger charge is 2.59. The van der Waals surface area contributed by atoms with Crippen LogP contribution in [0.3, 0.4) is 0 Å². The van der Waals surface area contributed by atoms with Gasteiger partial charge in [-0.1, -0.05) is 42.8 Å². The first kappa shape index (κ1) is 26.3. The highest BCUT2D eigenvalue weighted by molar-refractivity contribution is 5.96. The van der Waals surface area contributed by atoms with Gasteiger partial charge in [-0.05, 0) is 110 Å². The maximum absolute atomic E-state index is 12.4. The molecule has 0 radical (unpaired) electrons. The number of Topliss-reactive ketones (excluding diaryl/α,β-unsaturated/α-hetero) is 1. The number of para-hydroxylation sites is 1. The molecule has 4 aliphatic carbocycles. The average Bonchev–Trinajstić information content (AvgIpc) is 3.49. The molecule has 3 saturated carbocycles. The smallest absolute Gasteiger partial charge is 0.260 e. The van der Waals surface area contributed by atoms with Gasteiger partial charge in [-0.25, -0.2) is 0 Å². The number of fused-ring (bicyclic) bond motifs is 6. The van der Waals surface area contributed by atoms with Crippen LogP contribution in [-0.2, 0) is 20.8 Å². The van der Waals surface area contributed by atoms with E-state index in [4.69, 9.17) is 4.84 Å². The molecule has 1 heterocycles. The van der Waals surface area contributed by atoms with Crippen LogP contribution in [0.2, 0.25) is 0 Å². The van der Waals surface area contributed by atoms with Crippen molar-refractivity contribution in [2.45, 2.75) is 78.6 Å². The maximum atomic E-state index is 12.4. The first-order valence-electron chi connectivity index (χ1n) is 15.0. The van der Waals surface area contributed by atoms with E-state index in [9.17, 15) is 9.59 Å². The van der Waals surface area contributed by atoms with Crippen LogP contribution in [-0.4, -0.2) is 35.5 Å². The topological polar surface area (TPSA) is 83.5 Å². The molecule has 0 spiro atoms. The molecule has 1 aromatic carbocycles. The number of allylic oxidation sites excluding steroid dienone is 2. The number of hydrogen-bond acceptors (Lipinski definition) is 4. The van der Waals surface area contributed by atoms with E-state index in [1.807, 2.05) is 19.1 Å². The van der Waals surface area contributed by atoms with Gasteiger partial charge in [-0.3, -0.25) is 9.59 Å². The molecule has 6 nitrogen and oxygen atoms in total. The molecule has 4 unspecified atom stereocenters. The van der Waals surface area contributed by atoms with Crippen molar-refractivity contribution in [2.24, 2.45) is 39.7 Å². The number of nitrogens with zero attached hydrogens (tertiary/aromatic N) is 1. The van der Waals surface area contributed by atoms with E-state index in [0.29, 0.717) is 24.2 Å². The van der Waals surface area contributed by atoms with Gasteiger partial charge in [0.05, 0.1) is 5.71 Å². The number of ketones is 1. The fourth-order valence-electron chi connectivity index (χ4n) is 9.14. The zero-order valence-corrected chi connectivity index (χ0v) is 23.7. The van der Waals surface area contributed by atoms with Crippen LogP contribution in [0.1, 0.15) is 77.8 Å². The van der Waals surface area contributed by atoms with Gasteiger partial charge in [0.1, 0.15) is 5.78 Å². The Labute approximate surface area is 232 Å². The van der Waals surface area contributed by atoms with Crippen LogP contribution in [0.5, 0.6) is 0 Å². The number of nitrogens with one attached hydrogen (secondary N) is 2. The van der Waals surface area contributed by atoms with Gasteiger partial charge < -0.3 is 15.1 Å². The van der Waals surface area contributed by atoms with Gasteiger partial charge in [0, 0.05) is 30.1 Å². The van der Waals surface area contributed by atoms with Gasteiger partial charge >= 0.3 is 0 Å². The van der Waals surface area contributed by atoms with Crippen LogP contribution >= 0.6 is 0 Å². The summed E-state index contributed by atoms with van der Waals surface area (Å²) in [7, 11) is 0. The van der Waals surface area contributed by atoms with Gasteiger partial charge in [0.25, 0.3) is 5.91 Å². The summed E-state index contributed by atoms with van der Waals surface area (Å²) in [6.07, 6.45) is 12.1. The number of rotatable bonds is 7. The first-order valence-corrected chi connectivity index (χ1v) is 15.0. The summed E-state index contributed by atoms with van der Waals surface area (Å²) >= 11 is 0. The number of amides is 1. The molecule has 1 amide bonds. The standard InChI is InChI=1S/C33H43N3O3/c1-21(37)27-10-11-28-26-9-8-23-19-25(12-15-32(23,2)29(26)13-16-33(27,28)3)36-39-20-31(38)34-17-14-24-18-22-6-4-5-7-30(22)35-24/h4-7,18-19,26-29,35H,8-17,20H2,1-3H3,(H,34,38)/t26?,27?,28?,29?,32-,33+/m0/s1. The fourth-order valence-corrected chi connectivity index (χ4v) is 9.14. The van der Waals surface area contributed by atoms with E-state index in [2.05, 4.69) is 53.6 Å². The predicted molar refractivity (Wildman–Crippen MR) is 154 cm³/mol. The molecule has 2 N–H and O–H groups in total. The molecule has 4 aliphatic rings. The highest BCUT2D eigenvalue weighted by atomic mass is 16.6. The lowest BCUT2D eigenvalue weighted by Gasteiger charge is -2.58. The summed E-state index contributed by atoms with van der Waals surface area (Å²) in [5.74, 6) is 2.65. The van der Waals surface area contributed by atoms with Crippen LogP contribution < -0.4 is 5.32 Å². The predicted octanol–water partition coefficient (Wildman–Crippen LogP) is 6.37. The number of hydrogen-bond donors (Lipinski definition) is 2. The third-order valence-electron chi connectivity index (χ3n) is 11.1. The normalized spacial score (nSPS) is 34.6. The zero-order chi connectivity index (χ0) is 27.2. The number of carbonyl (C=O) groups excluding carboxylic acids is 2. The second-order valence-corrected chi connectivity index (χ2v) is 13.1. The van der Waals surface area contributed by atoms with E-state index in [1.165, 1.54) is 36.6 Å². The molecule has 3 fully saturated rings. The highest BCUT2D eigenvalue weighted by Crippen LogP contribution is 2.66. The van der Waals surface area contributed by atoms with Crippen molar-refractivity contribution in [2.75, 3.05) is 13.2 Å². The van der Waals surface area contributed by atoms with Crippen LogP contribution in [0, 0.1) is 34.5 Å². The zero-order valence-electron chi connectivity index (χ0n) is 23.7. The molecule has 39 heavy (non-hydrogen) atoms. The average molecular weight is 530 g/mol. The number of aromatic amines is 1. The quantitative estimate of drug-likeness (QED) is 0.409. The second kappa shape index (κ2) is 10.3. The van der Waals surface area contributed by atoms with Crippen LogP contribution in [0.4, 0.5) is 0 Å².